The lowest BCUT2D eigenvalue weighted by Crippen LogP contribution is -2.30. The standard InChI is InChI=1S/C19H18ClN5O3/c20-16-14(23-17(26)12-5-6-21-9-12)7-11(8-22-16)10-25-15-4-2-1-3-13(15)18(27)24-19(25)28/h1-4,7-8,12,21H,5-6,9-10H2,(H,23,26)(H,24,27,28)/t12-/m0/s1. The lowest BCUT2D eigenvalue weighted by atomic mass is 10.1. The molecule has 0 unspecified atom stereocenters. The van der Waals surface area contributed by atoms with Gasteiger partial charge in [0.1, 0.15) is 0 Å². The summed E-state index contributed by atoms with van der Waals surface area (Å²) in [5.41, 5.74) is 0.653. The third-order valence-electron chi connectivity index (χ3n) is 4.83. The molecule has 9 heteroatoms. The first-order chi connectivity index (χ1) is 13.5. The number of H-pyrrole nitrogens is 1. The van der Waals surface area contributed by atoms with Gasteiger partial charge in [-0.25, -0.2) is 9.78 Å². The minimum absolute atomic E-state index is 0.106. The number of halogens is 1. The zero-order valence-corrected chi connectivity index (χ0v) is 15.6. The highest BCUT2D eigenvalue weighted by molar-refractivity contribution is 6.32. The van der Waals surface area contributed by atoms with E-state index in [1.807, 2.05) is 0 Å². The molecule has 1 aliphatic heterocycles. The number of pyridine rings is 1. The number of anilines is 1. The Hall–Kier alpha value is -2.97. The quantitative estimate of drug-likeness (QED) is 0.573. The second kappa shape index (κ2) is 7.57. The first kappa shape index (κ1) is 18.4. The normalized spacial score (nSPS) is 16.4. The number of aromatic nitrogens is 3. The van der Waals surface area contributed by atoms with E-state index < -0.39 is 11.2 Å². The summed E-state index contributed by atoms with van der Waals surface area (Å²) < 4.78 is 1.45. The molecule has 4 rings (SSSR count). The van der Waals surface area contributed by atoms with Crippen LogP contribution in [0.1, 0.15) is 12.0 Å². The predicted octanol–water partition coefficient (Wildman–Crippen LogP) is 1.33. The summed E-state index contributed by atoms with van der Waals surface area (Å²) in [6.45, 7) is 1.62. The highest BCUT2D eigenvalue weighted by Gasteiger charge is 2.23. The summed E-state index contributed by atoms with van der Waals surface area (Å²) in [6, 6.07) is 8.57. The van der Waals surface area contributed by atoms with Gasteiger partial charge in [0.05, 0.1) is 29.1 Å². The van der Waals surface area contributed by atoms with Crippen LogP contribution in [0.5, 0.6) is 0 Å². The second-order valence-corrected chi connectivity index (χ2v) is 7.08. The summed E-state index contributed by atoms with van der Waals surface area (Å²) in [5, 5.41) is 6.57. The lowest BCUT2D eigenvalue weighted by Gasteiger charge is -2.13. The van der Waals surface area contributed by atoms with Gasteiger partial charge in [-0.3, -0.25) is 19.1 Å². The molecule has 1 atom stereocenters. The lowest BCUT2D eigenvalue weighted by molar-refractivity contribution is -0.119. The monoisotopic (exact) mass is 399 g/mol. The van der Waals surface area contributed by atoms with Crippen LogP contribution in [-0.2, 0) is 11.3 Å². The van der Waals surface area contributed by atoms with E-state index >= 15 is 0 Å². The van der Waals surface area contributed by atoms with E-state index in [4.69, 9.17) is 11.6 Å². The number of fused-ring (bicyclic) bond motifs is 1. The predicted molar refractivity (Wildman–Crippen MR) is 107 cm³/mol. The van der Waals surface area contributed by atoms with Gasteiger partial charge in [-0.15, -0.1) is 0 Å². The summed E-state index contributed by atoms with van der Waals surface area (Å²) in [5.74, 6) is -0.219. The van der Waals surface area contributed by atoms with Gasteiger partial charge < -0.3 is 10.6 Å². The van der Waals surface area contributed by atoms with Crippen molar-refractivity contribution in [3.8, 4) is 0 Å². The summed E-state index contributed by atoms with van der Waals surface area (Å²) in [7, 11) is 0. The zero-order valence-electron chi connectivity index (χ0n) is 14.9. The maximum atomic E-state index is 12.4. The topological polar surface area (TPSA) is 109 Å². The second-order valence-electron chi connectivity index (χ2n) is 6.72. The van der Waals surface area contributed by atoms with E-state index in [0.29, 0.717) is 28.7 Å². The number of carbonyl (C=O) groups is 1. The van der Waals surface area contributed by atoms with E-state index in [-0.39, 0.29) is 23.5 Å². The fourth-order valence-electron chi connectivity index (χ4n) is 3.36. The van der Waals surface area contributed by atoms with Gasteiger partial charge in [0.15, 0.2) is 5.15 Å². The largest absolute Gasteiger partial charge is 0.329 e. The van der Waals surface area contributed by atoms with Crippen molar-refractivity contribution in [2.75, 3.05) is 18.4 Å². The van der Waals surface area contributed by atoms with Gasteiger partial charge in [0.2, 0.25) is 5.91 Å². The van der Waals surface area contributed by atoms with Gasteiger partial charge >= 0.3 is 5.69 Å². The minimum Gasteiger partial charge on any atom is -0.323 e. The number of nitrogens with one attached hydrogen (secondary N) is 3. The number of amides is 1. The number of aromatic amines is 1. The molecule has 1 aliphatic rings. The van der Waals surface area contributed by atoms with Crippen LogP contribution in [0.25, 0.3) is 10.9 Å². The number of hydrogen-bond donors (Lipinski definition) is 3. The Morgan fingerprint density at radius 3 is 2.93 bits per heavy atom. The summed E-state index contributed by atoms with van der Waals surface area (Å²) in [6.07, 6.45) is 2.32. The van der Waals surface area contributed by atoms with E-state index in [2.05, 4.69) is 20.6 Å². The van der Waals surface area contributed by atoms with Crippen molar-refractivity contribution in [3.63, 3.8) is 0 Å². The van der Waals surface area contributed by atoms with Crippen molar-refractivity contribution >= 4 is 34.1 Å². The Morgan fingerprint density at radius 1 is 1.32 bits per heavy atom. The molecular formula is C19H18ClN5O3. The van der Waals surface area contributed by atoms with Gasteiger partial charge in [0, 0.05) is 12.7 Å². The van der Waals surface area contributed by atoms with E-state index in [0.717, 1.165) is 13.0 Å². The summed E-state index contributed by atoms with van der Waals surface area (Å²) >= 11 is 6.14. The zero-order chi connectivity index (χ0) is 19.7. The molecule has 1 fully saturated rings. The van der Waals surface area contributed by atoms with Crippen molar-refractivity contribution in [1.82, 2.24) is 19.9 Å². The van der Waals surface area contributed by atoms with Crippen LogP contribution in [0, 0.1) is 5.92 Å². The molecule has 28 heavy (non-hydrogen) atoms. The highest BCUT2D eigenvalue weighted by atomic mass is 35.5. The number of rotatable bonds is 4. The molecule has 0 radical (unpaired) electrons. The Bertz CT molecular complexity index is 1160. The molecule has 0 saturated carbocycles. The van der Waals surface area contributed by atoms with Gasteiger partial charge in [-0.1, -0.05) is 23.7 Å². The Kier molecular flexibility index (Phi) is 4.97. The Morgan fingerprint density at radius 2 is 2.14 bits per heavy atom. The molecular weight excluding hydrogens is 382 g/mol. The smallest absolute Gasteiger partial charge is 0.323 e. The average Bonchev–Trinajstić information content (AvgIpc) is 3.22. The number of hydrogen-bond acceptors (Lipinski definition) is 5. The van der Waals surface area contributed by atoms with Crippen LogP contribution in [0.3, 0.4) is 0 Å². The molecule has 3 N–H and O–H groups in total. The van der Waals surface area contributed by atoms with E-state index in [9.17, 15) is 14.4 Å². The Balaban J connectivity index is 1.66. The van der Waals surface area contributed by atoms with Crippen LogP contribution < -0.4 is 21.9 Å². The first-order valence-corrected chi connectivity index (χ1v) is 9.28. The van der Waals surface area contributed by atoms with Crippen molar-refractivity contribution in [2.45, 2.75) is 13.0 Å². The molecule has 3 heterocycles. The average molecular weight is 400 g/mol. The maximum Gasteiger partial charge on any atom is 0.329 e. The van der Waals surface area contributed by atoms with Crippen LogP contribution in [0.15, 0.2) is 46.1 Å². The van der Waals surface area contributed by atoms with Gasteiger partial charge in [0.25, 0.3) is 5.56 Å². The van der Waals surface area contributed by atoms with Crippen LogP contribution in [0.2, 0.25) is 5.15 Å². The van der Waals surface area contributed by atoms with Crippen molar-refractivity contribution in [1.29, 1.82) is 0 Å². The van der Waals surface area contributed by atoms with Crippen LogP contribution in [-0.4, -0.2) is 33.5 Å². The first-order valence-electron chi connectivity index (χ1n) is 8.91. The molecule has 3 aromatic rings. The molecule has 0 spiro atoms. The highest BCUT2D eigenvalue weighted by Crippen LogP contribution is 2.22. The summed E-state index contributed by atoms with van der Waals surface area (Å²) in [4.78, 5) is 43.2. The Labute approximate surface area is 164 Å². The fraction of sp³-hybridized carbons (Fsp3) is 0.263. The third-order valence-corrected chi connectivity index (χ3v) is 5.13. The molecule has 144 valence electrons. The molecule has 0 aliphatic carbocycles. The SMILES string of the molecule is O=C(Nc1cc(Cn2c(=O)[nH]c(=O)c3ccccc32)cnc1Cl)[C@H]1CCNC1. The maximum absolute atomic E-state index is 12.4. The van der Waals surface area contributed by atoms with E-state index in [1.165, 1.54) is 4.57 Å². The molecule has 8 nitrogen and oxygen atoms in total. The van der Waals surface area contributed by atoms with Crippen molar-refractivity contribution in [3.05, 3.63) is 68.1 Å². The van der Waals surface area contributed by atoms with Gasteiger partial charge in [-0.05, 0) is 36.7 Å². The number of para-hydroxylation sites is 1. The van der Waals surface area contributed by atoms with Crippen LogP contribution in [0.4, 0.5) is 5.69 Å². The van der Waals surface area contributed by atoms with Crippen LogP contribution >= 0.6 is 11.6 Å². The number of carbonyl (C=O) groups excluding carboxylic acids is 1. The molecule has 1 aromatic carbocycles. The number of nitrogens with zero attached hydrogens (tertiary/aromatic N) is 2. The third kappa shape index (κ3) is 3.56. The van der Waals surface area contributed by atoms with Crippen molar-refractivity contribution < 1.29 is 4.79 Å². The van der Waals surface area contributed by atoms with Gasteiger partial charge in [-0.2, -0.15) is 0 Å². The number of benzene rings is 1. The van der Waals surface area contributed by atoms with E-state index in [1.54, 1.807) is 36.5 Å². The molecule has 1 amide bonds. The molecule has 2 aromatic heterocycles. The van der Waals surface area contributed by atoms with Crippen molar-refractivity contribution in [2.24, 2.45) is 5.92 Å². The minimum atomic E-state index is -0.513. The molecule has 1 saturated heterocycles. The molecule has 0 bridgehead atoms. The fourth-order valence-corrected chi connectivity index (χ4v) is 3.51.